The number of hydrogen-bond acceptors (Lipinski definition) is 5. The Morgan fingerprint density at radius 2 is 2.10 bits per heavy atom. The minimum Gasteiger partial charge on any atom is -0.508 e. The number of aromatic hydroxyl groups is 1. The second-order valence-electron chi connectivity index (χ2n) is 5.49. The van der Waals surface area contributed by atoms with Crippen LogP contribution in [0.15, 0.2) is 18.2 Å². The first-order valence-corrected chi connectivity index (χ1v) is 6.44. The highest BCUT2D eigenvalue weighted by molar-refractivity contribution is 5.85. The molecule has 0 radical (unpaired) electrons. The average molecular weight is 282 g/mol. The molecule has 0 fully saturated rings. The molecule has 20 heavy (non-hydrogen) atoms. The highest BCUT2D eigenvalue weighted by atomic mass is 16.6. The molecule has 1 rings (SSSR count). The number of amides is 1. The third-order valence-electron chi connectivity index (χ3n) is 2.47. The number of ether oxygens (including phenoxy) is 1. The van der Waals surface area contributed by atoms with Gasteiger partial charge in [-0.25, -0.2) is 4.79 Å². The maximum Gasteiger partial charge on any atom is 0.412 e. The molecular formula is C14H22N2O4. The van der Waals surface area contributed by atoms with Gasteiger partial charge in [0.15, 0.2) is 0 Å². The van der Waals surface area contributed by atoms with Gasteiger partial charge in [-0.1, -0.05) is 0 Å². The predicted octanol–water partition coefficient (Wildman–Crippen LogP) is 2.12. The minimum atomic E-state index is -0.875. The van der Waals surface area contributed by atoms with Gasteiger partial charge in [0, 0.05) is 11.3 Å². The Labute approximate surface area is 118 Å². The Hall–Kier alpha value is -1.79. The molecule has 1 unspecified atom stereocenters. The van der Waals surface area contributed by atoms with Gasteiger partial charge >= 0.3 is 6.09 Å². The zero-order valence-electron chi connectivity index (χ0n) is 12.0. The number of carbonyl (C=O) groups excluding carboxylic acids is 1. The molecule has 112 valence electrons. The smallest absolute Gasteiger partial charge is 0.412 e. The number of phenolic OH excluding ortho intramolecular Hbond substituents is 1. The van der Waals surface area contributed by atoms with E-state index in [1.165, 1.54) is 18.2 Å². The van der Waals surface area contributed by atoms with Crippen molar-refractivity contribution in [2.24, 2.45) is 5.73 Å². The third kappa shape index (κ3) is 5.07. The molecule has 0 saturated carbocycles. The van der Waals surface area contributed by atoms with Gasteiger partial charge in [0.2, 0.25) is 0 Å². The Bertz CT molecular complexity index is 469. The second-order valence-corrected chi connectivity index (χ2v) is 5.49. The molecule has 0 heterocycles. The summed E-state index contributed by atoms with van der Waals surface area (Å²) in [5.74, 6) is -0.0410. The molecule has 0 aromatic heterocycles. The van der Waals surface area contributed by atoms with Crippen LogP contribution in [-0.4, -0.2) is 28.5 Å². The number of aliphatic hydroxyl groups is 1. The Kier molecular flexibility index (Phi) is 5.35. The molecule has 0 saturated heterocycles. The summed E-state index contributed by atoms with van der Waals surface area (Å²) in [7, 11) is 0. The van der Waals surface area contributed by atoms with E-state index in [0.29, 0.717) is 24.2 Å². The van der Waals surface area contributed by atoms with Crippen LogP contribution in [0.3, 0.4) is 0 Å². The third-order valence-corrected chi connectivity index (χ3v) is 2.47. The summed E-state index contributed by atoms with van der Waals surface area (Å²) in [6.07, 6.45) is -1.15. The van der Waals surface area contributed by atoms with Crippen LogP contribution in [0, 0.1) is 0 Å². The van der Waals surface area contributed by atoms with Crippen molar-refractivity contribution >= 4 is 11.8 Å². The first-order chi connectivity index (χ1) is 9.23. The van der Waals surface area contributed by atoms with Crippen molar-refractivity contribution < 1.29 is 19.7 Å². The molecule has 1 aromatic rings. The highest BCUT2D eigenvalue weighted by Crippen LogP contribution is 2.29. The zero-order chi connectivity index (χ0) is 15.3. The number of anilines is 1. The topological polar surface area (TPSA) is 105 Å². The Morgan fingerprint density at radius 1 is 1.45 bits per heavy atom. The maximum absolute atomic E-state index is 11.6. The number of benzene rings is 1. The summed E-state index contributed by atoms with van der Waals surface area (Å²) in [5.41, 5.74) is 5.54. The molecule has 0 spiro atoms. The maximum atomic E-state index is 11.6. The number of phenols is 1. The normalized spacial score (nSPS) is 12.8. The minimum absolute atomic E-state index is 0.0410. The number of carbonyl (C=O) groups is 1. The van der Waals surface area contributed by atoms with E-state index in [4.69, 9.17) is 10.5 Å². The van der Waals surface area contributed by atoms with E-state index >= 15 is 0 Å². The fourth-order valence-electron chi connectivity index (χ4n) is 1.63. The van der Waals surface area contributed by atoms with Crippen LogP contribution in [0.25, 0.3) is 0 Å². The van der Waals surface area contributed by atoms with Crippen molar-refractivity contribution in [2.45, 2.75) is 38.9 Å². The molecule has 0 aliphatic heterocycles. The molecule has 5 N–H and O–H groups in total. The highest BCUT2D eigenvalue weighted by Gasteiger charge is 2.17. The second kappa shape index (κ2) is 6.58. The first-order valence-electron chi connectivity index (χ1n) is 6.44. The van der Waals surface area contributed by atoms with Gasteiger partial charge in [0.25, 0.3) is 0 Å². The van der Waals surface area contributed by atoms with E-state index in [2.05, 4.69) is 5.32 Å². The molecule has 0 bridgehead atoms. The van der Waals surface area contributed by atoms with Gasteiger partial charge in [0.05, 0.1) is 6.10 Å². The van der Waals surface area contributed by atoms with E-state index in [0.717, 1.165) is 0 Å². The van der Waals surface area contributed by atoms with Crippen molar-refractivity contribution in [1.29, 1.82) is 0 Å². The molecule has 6 heteroatoms. The number of rotatable bonds is 4. The zero-order valence-corrected chi connectivity index (χ0v) is 12.0. The van der Waals surface area contributed by atoms with Crippen LogP contribution in [0.2, 0.25) is 0 Å². The number of hydrogen-bond donors (Lipinski definition) is 4. The average Bonchev–Trinajstić information content (AvgIpc) is 2.29. The summed E-state index contributed by atoms with van der Waals surface area (Å²) in [6.45, 7) is 5.59. The molecule has 1 amide bonds. The largest absolute Gasteiger partial charge is 0.508 e. The molecule has 1 aromatic carbocycles. The van der Waals surface area contributed by atoms with Gasteiger partial charge in [0.1, 0.15) is 11.4 Å². The number of aliphatic hydroxyl groups excluding tert-OH is 1. The van der Waals surface area contributed by atoms with Crippen LogP contribution in [0.5, 0.6) is 5.75 Å². The van der Waals surface area contributed by atoms with Gasteiger partial charge in [-0.3, -0.25) is 5.32 Å². The van der Waals surface area contributed by atoms with E-state index in [1.54, 1.807) is 20.8 Å². The molecular weight excluding hydrogens is 260 g/mol. The summed E-state index contributed by atoms with van der Waals surface area (Å²) in [5, 5.41) is 22.1. The summed E-state index contributed by atoms with van der Waals surface area (Å²) >= 11 is 0. The lowest BCUT2D eigenvalue weighted by molar-refractivity contribution is 0.0635. The van der Waals surface area contributed by atoms with E-state index in [-0.39, 0.29) is 5.75 Å². The van der Waals surface area contributed by atoms with Crippen molar-refractivity contribution in [3.8, 4) is 5.75 Å². The van der Waals surface area contributed by atoms with Crippen molar-refractivity contribution in [3.05, 3.63) is 23.8 Å². The molecule has 0 aliphatic rings. The van der Waals surface area contributed by atoms with Crippen molar-refractivity contribution in [2.75, 3.05) is 11.9 Å². The lowest BCUT2D eigenvalue weighted by Crippen LogP contribution is -2.27. The van der Waals surface area contributed by atoms with Crippen LogP contribution in [-0.2, 0) is 4.74 Å². The van der Waals surface area contributed by atoms with Gasteiger partial charge in [-0.15, -0.1) is 0 Å². The van der Waals surface area contributed by atoms with Gasteiger partial charge in [-0.05, 0) is 51.9 Å². The van der Waals surface area contributed by atoms with E-state index in [9.17, 15) is 15.0 Å². The fourth-order valence-corrected chi connectivity index (χ4v) is 1.63. The first kappa shape index (κ1) is 16.3. The van der Waals surface area contributed by atoms with Crippen molar-refractivity contribution in [1.82, 2.24) is 0 Å². The van der Waals surface area contributed by atoms with Gasteiger partial charge in [-0.2, -0.15) is 0 Å². The number of nitrogens with two attached hydrogens (primary N) is 1. The van der Waals surface area contributed by atoms with Crippen LogP contribution < -0.4 is 11.1 Å². The van der Waals surface area contributed by atoms with Crippen molar-refractivity contribution in [3.63, 3.8) is 0 Å². The summed E-state index contributed by atoms with van der Waals surface area (Å²) in [4.78, 5) is 11.6. The fraction of sp³-hybridized carbons (Fsp3) is 0.500. The lowest BCUT2D eigenvalue weighted by atomic mass is 10.0. The van der Waals surface area contributed by atoms with Crippen LogP contribution in [0.1, 0.15) is 38.9 Å². The standard InChI is InChI=1S/C14H22N2O4/c1-14(2,3)20-13(19)16-9-4-5-11(17)10(8-9)12(18)6-7-15/h4-5,8,12,17-18H,6-7,15H2,1-3H3,(H,16,19). The van der Waals surface area contributed by atoms with Gasteiger partial charge < -0.3 is 20.7 Å². The Morgan fingerprint density at radius 3 is 2.65 bits per heavy atom. The molecule has 6 nitrogen and oxygen atoms in total. The van der Waals surface area contributed by atoms with Crippen LogP contribution >= 0.6 is 0 Å². The Balaban J connectivity index is 2.82. The number of nitrogens with one attached hydrogen (secondary N) is 1. The summed E-state index contributed by atoms with van der Waals surface area (Å²) < 4.78 is 5.12. The predicted molar refractivity (Wildman–Crippen MR) is 76.6 cm³/mol. The van der Waals surface area contributed by atoms with E-state index in [1.807, 2.05) is 0 Å². The monoisotopic (exact) mass is 282 g/mol. The quantitative estimate of drug-likeness (QED) is 0.633. The molecule has 0 aliphatic carbocycles. The lowest BCUT2D eigenvalue weighted by Gasteiger charge is -2.20. The SMILES string of the molecule is CC(C)(C)OC(=O)Nc1ccc(O)c(C(O)CCN)c1. The van der Waals surface area contributed by atoms with E-state index < -0.39 is 17.8 Å². The molecule has 1 atom stereocenters. The van der Waals surface area contributed by atoms with Crippen LogP contribution in [0.4, 0.5) is 10.5 Å². The summed E-state index contributed by atoms with van der Waals surface area (Å²) in [6, 6.07) is 4.43.